The van der Waals surface area contributed by atoms with E-state index in [1.807, 2.05) is 0 Å². The molecule has 0 aliphatic heterocycles. The maximum absolute atomic E-state index is 6.42. The Morgan fingerprint density at radius 1 is 0.929 bits per heavy atom. The Labute approximate surface area is 166 Å². The molecule has 0 saturated heterocycles. The SMILES string of the molecule is Cc1cc(-c2c(C)ccc3c2oc2nc(C4CCCC4)ccc23)[n+](C)cc1C. The van der Waals surface area contributed by atoms with Crippen molar-refractivity contribution >= 4 is 22.1 Å². The standard InChI is InChI=1S/C25H27N2O/c1-15-9-10-19-20-11-12-21(18-7-5-6-8-18)26-25(20)28-24(19)23(15)22-13-16(2)17(3)14-27(22)4/h9-14,18H,5-8H2,1-4H3/q+1. The molecule has 0 atom stereocenters. The molecular formula is C25H27N2O+. The number of aromatic nitrogens is 2. The van der Waals surface area contributed by atoms with Crippen molar-refractivity contribution in [2.45, 2.75) is 52.4 Å². The minimum Gasteiger partial charge on any atom is -0.437 e. The Morgan fingerprint density at radius 2 is 1.68 bits per heavy atom. The summed E-state index contributed by atoms with van der Waals surface area (Å²) < 4.78 is 8.62. The van der Waals surface area contributed by atoms with Crippen molar-refractivity contribution in [1.82, 2.24) is 4.98 Å². The van der Waals surface area contributed by atoms with Gasteiger partial charge in [-0.3, -0.25) is 0 Å². The molecule has 0 radical (unpaired) electrons. The Balaban J connectivity index is 1.76. The van der Waals surface area contributed by atoms with Crippen molar-refractivity contribution in [3.8, 4) is 11.3 Å². The summed E-state index contributed by atoms with van der Waals surface area (Å²) in [6, 6.07) is 11.1. The van der Waals surface area contributed by atoms with E-state index >= 15 is 0 Å². The van der Waals surface area contributed by atoms with E-state index in [2.05, 4.69) is 68.9 Å². The van der Waals surface area contributed by atoms with E-state index in [4.69, 9.17) is 9.40 Å². The van der Waals surface area contributed by atoms with E-state index < -0.39 is 0 Å². The Kier molecular flexibility index (Phi) is 4.01. The summed E-state index contributed by atoms with van der Waals surface area (Å²) in [5.41, 5.74) is 9.08. The van der Waals surface area contributed by atoms with Crippen LogP contribution in [0.25, 0.3) is 33.3 Å². The first-order valence-corrected chi connectivity index (χ1v) is 10.3. The molecule has 0 spiro atoms. The lowest BCUT2D eigenvalue weighted by molar-refractivity contribution is -0.660. The van der Waals surface area contributed by atoms with Crippen LogP contribution in [0.5, 0.6) is 0 Å². The fraction of sp³-hybridized carbons (Fsp3) is 0.360. The van der Waals surface area contributed by atoms with Gasteiger partial charge in [0.2, 0.25) is 11.4 Å². The zero-order valence-electron chi connectivity index (χ0n) is 17.2. The number of fused-ring (bicyclic) bond motifs is 3. The predicted molar refractivity (Wildman–Crippen MR) is 114 cm³/mol. The summed E-state index contributed by atoms with van der Waals surface area (Å²) >= 11 is 0. The number of furan rings is 1. The van der Waals surface area contributed by atoms with Crippen LogP contribution in [0.15, 0.2) is 40.9 Å². The van der Waals surface area contributed by atoms with Crippen LogP contribution >= 0.6 is 0 Å². The summed E-state index contributed by atoms with van der Waals surface area (Å²) in [4.78, 5) is 4.94. The van der Waals surface area contributed by atoms with Gasteiger partial charge in [0, 0.05) is 34.0 Å². The largest absolute Gasteiger partial charge is 0.437 e. The zero-order valence-corrected chi connectivity index (χ0v) is 17.2. The summed E-state index contributed by atoms with van der Waals surface area (Å²) in [7, 11) is 2.11. The lowest BCUT2D eigenvalue weighted by Crippen LogP contribution is -2.31. The van der Waals surface area contributed by atoms with E-state index in [1.54, 1.807) is 0 Å². The second-order valence-electron chi connectivity index (χ2n) is 8.44. The molecule has 28 heavy (non-hydrogen) atoms. The second-order valence-corrected chi connectivity index (χ2v) is 8.44. The van der Waals surface area contributed by atoms with Crippen LogP contribution in [0.2, 0.25) is 0 Å². The van der Waals surface area contributed by atoms with Gasteiger partial charge in [-0.05, 0) is 56.9 Å². The molecule has 1 fully saturated rings. The molecule has 5 rings (SSSR count). The molecule has 3 heterocycles. The predicted octanol–water partition coefficient (Wildman–Crippen LogP) is 6.06. The number of rotatable bonds is 2. The molecule has 1 saturated carbocycles. The average molecular weight is 372 g/mol. The molecular weight excluding hydrogens is 344 g/mol. The highest BCUT2D eigenvalue weighted by Crippen LogP contribution is 2.39. The van der Waals surface area contributed by atoms with E-state index in [0.29, 0.717) is 5.92 Å². The molecule has 3 heteroatoms. The molecule has 1 aliphatic rings. The van der Waals surface area contributed by atoms with Gasteiger partial charge in [-0.2, -0.15) is 0 Å². The van der Waals surface area contributed by atoms with Gasteiger partial charge in [-0.15, -0.1) is 0 Å². The van der Waals surface area contributed by atoms with Crippen LogP contribution in [0, 0.1) is 20.8 Å². The first-order valence-electron chi connectivity index (χ1n) is 10.3. The number of nitrogens with zero attached hydrogens (tertiary/aromatic N) is 2. The summed E-state index contributed by atoms with van der Waals surface area (Å²) in [5.74, 6) is 0.594. The first-order chi connectivity index (χ1) is 13.5. The van der Waals surface area contributed by atoms with Crippen LogP contribution in [0.3, 0.4) is 0 Å². The third-order valence-corrected chi connectivity index (χ3v) is 6.51. The molecule has 3 aromatic heterocycles. The van der Waals surface area contributed by atoms with Crippen molar-refractivity contribution in [3.63, 3.8) is 0 Å². The maximum atomic E-state index is 6.42. The molecule has 1 aliphatic carbocycles. The Bertz CT molecular complexity index is 1210. The Morgan fingerprint density at radius 3 is 2.46 bits per heavy atom. The Hall–Kier alpha value is -2.68. The van der Waals surface area contributed by atoms with Crippen molar-refractivity contribution in [1.29, 1.82) is 0 Å². The third-order valence-electron chi connectivity index (χ3n) is 6.51. The molecule has 0 unspecified atom stereocenters. The van der Waals surface area contributed by atoms with Gasteiger partial charge in [0.1, 0.15) is 7.05 Å². The van der Waals surface area contributed by atoms with Crippen LogP contribution < -0.4 is 4.57 Å². The van der Waals surface area contributed by atoms with E-state index in [-0.39, 0.29) is 0 Å². The van der Waals surface area contributed by atoms with Gasteiger partial charge in [0.05, 0.1) is 5.56 Å². The highest BCUT2D eigenvalue weighted by atomic mass is 16.3. The normalized spacial score (nSPS) is 15.1. The topological polar surface area (TPSA) is 29.9 Å². The minimum atomic E-state index is 0.594. The van der Waals surface area contributed by atoms with Crippen LogP contribution in [-0.4, -0.2) is 4.98 Å². The van der Waals surface area contributed by atoms with E-state index in [1.165, 1.54) is 59.3 Å². The molecule has 142 valence electrons. The highest BCUT2D eigenvalue weighted by molar-refractivity contribution is 6.08. The monoisotopic (exact) mass is 371 g/mol. The molecule has 0 amide bonds. The number of hydrogen-bond acceptors (Lipinski definition) is 2. The minimum absolute atomic E-state index is 0.594. The second kappa shape index (κ2) is 6.44. The van der Waals surface area contributed by atoms with E-state index in [0.717, 1.165) is 22.1 Å². The molecule has 1 aromatic carbocycles. The quantitative estimate of drug-likeness (QED) is 0.401. The third kappa shape index (κ3) is 2.64. The van der Waals surface area contributed by atoms with Crippen molar-refractivity contribution < 1.29 is 8.98 Å². The molecule has 0 bridgehead atoms. The van der Waals surface area contributed by atoms with Crippen molar-refractivity contribution in [3.05, 3.63) is 58.9 Å². The van der Waals surface area contributed by atoms with Crippen LogP contribution in [0.1, 0.15) is 54.0 Å². The maximum Gasteiger partial charge on any atom is 0.227 e. The first kappa shape index (κ1) is 17.4. The molecule has 3 nitrogen and oxygen atoms in total. The van der Waals surface area contributed by atoms with Gasteiger partial charge in [0.25, 0.3) is 0 Å². The van der Waals surface area contributed by atoms with Gasteiger partial charge >= 0.3 is 0 Å². The lowest BCUT2D eigenvalue weighted by Gasteiger charge is -2.07. The van der Waals surface area contributed by atoms with Crippen LogP contribution in [0.4, 0.5) is 0 Å². The van der Waals surface area contributed by atoms with E-state index in [9.17, 15) is 0 Å². The summed E-state index contributed by atoms with van der Waals surface area (Å²) in [5, 5.41) is 2.27. The number of benzene rings is 1. The number of hydrogen-bond donors (Lipinski definition) is 0. The fourth-order valence-electron chi connectivity index (χ4n) is 4.73. The average Bonchev–Trinajstić information content (AvgIpc) is 3.32. The smallest absolute Gasteiger partial charge is 0.227 e. The van der Waals surface area contributed by atoms with Crippen molar-refractivity contribution in [2.75, 3.05) is 0 Å². The van der Waals surface area contributed by atoms with Gasteiger partial charge in [0.15, 0.2) is 11.8 Å². The summed E-state index contributed by atoms with van der Waals surface area (Å²) in [6.07, 6.45) is 7.33. The van der Waals surface area contributed by atoms with Crippen LogP contribution in [-0.2, 0) is 7.05 Å². The number of pyridine rings is 2. The molecule has 4 aromatic rings. The highest BCUT2D eigenvalue weighted by Gasteiger charge is 2.23. The molecule has 0 N–H and O–H groups in total. The zero-order chi connectivity index (χ0) is 19.4. The van der Waals surface area contributed by atoms with Gasteiger partial charge < -0.3 is 4.42 Å². The number of aryl methyl sites for hydroxylation is 4. The van der Waals surface area contributed by atoms with Gasteiger partial charge in [-0.1, -0.05) is 25.0 Å². The van der Waals surface area contributed by atoms with Crippen molar-refractivity contribution in [2.24, 2.45) is 7.05 Å². The summed E-state index contributed by atoms with van der Waals surface area (Å²) in [6.45, 7) is 6.49. The lowest BCUT2D eigenvalue weighted by atomic mass is 9.98. The fourth-order valence-corrected chi connectivity index (χ4v) is 4.73. The van der Waals surface area contributed by atoms with Gasteiger partial charge in [-0.25, -0.2) is 9.55 Å².